The van der Waals surface area contributed by atoms with Gasteiger partial charge in [0.15, 0.2) is 0 Å². The smallest absolute Gasteiger partial charge is 0.309 e. The number of benzene rings is 1. The van der Waals surface area contributed by atoms with Crippen molar-refractivity contribution in [2.45, 2.75) is 57.7 Å². The van der Waals surface area contributed by atoms with E-state index >= 15 is 0 Å². The number of piperidine rings is 1. The van der Waals surface area contributed by atoms with Gasteiger partial charge in [0.25, 0.3) is 0 Å². The van der Waals surface area contributed by atoms with Gasteiger partial charge in [-0.05, 0) is 64.8 Å². The van der Waals surface area contributed by atoms with Crippen LogP contribution in [-0.4, -0.2) is 33.2 Å². The van der Waals surface area contributed by atoms with Gasteiger partial charge in [-0.15, -0.1) is 10.2 Å². The molecule has 134 valence electrons. The van der Waals surface area contributed by atoms with E-state index in [4.69, 9.17) is 4.42 Å². The molecule has 0 bridgehead atoms. The third-order valence-corrected chi connectivity index (χ3v) is 4.24. The molecule has 2 heterocycles. The second-order valence-electron chi connectivity index (χ2n) is 7.89. The molecule has 2 N–H and O–H groups in total. The van der Waals surface area contributed by atoms with Gasteiger partial charge in [0.05, 0.1) is 0 Å². The fourth-order valence-electron chi connectivity index (χ4n) is 3.70. The van der Waals surface area contributed by atoms with Gasteiger partial charge in [0, 0.05) is 22.7 Å². The Labute approximate surface area is 146 Å². The van der Waals surface area contributed by atoms with Crippen molar-refractivity contribution in [1.29, 1.82) is 0 Å². The maximum absolute atomic E-state index is 13.0. The standard InChI is InChI=1S/C18H23FN4O2/c1-17(2)9-13(10-18(3,4)23-17)20-14(24)16-22-21-15(25-16)11-5-7-12(19)8-6-11/h5-8,13,23H,9-10H2,1-4H3,(H,20,24). The lowest BCUT2D eigenvalue weighted by molar-refractivity contribution is 0.0840. The summed E-state index contributed by atoms with van der Waals surface area (Å²) in [5, 5.41) is 14.2. The summed E-state index contributed by atoms with van der Waals surface area (Å²) < 4.78 is 18.4. The first-order valence-electron chi connectivity index (χ1n) is 8.33. The number of hydrogen-bond donors (Lipinski definition) is 2. The van der Waals surface area contributed by atoms with Crippen LogP contribution in [0.1, 0.15) is 51.2 Å². The van der Waals surface area contributed by atoms with E-state index in [1.54, 1.807) is 0 Å². The molecule has 0 radical (unpaired) electrons. The Morgan fingerprint density at radius 1 is 1.16 bits per heavy atom. The van der Waals surface area contributed by atoms with E-state index in [9.17, 15) is 9.18 Å². The van der Waals surface area contributed by atoms with E-state index in [-0.39, 0.29) is 40.6 Å². The molecular formula is C18H23FN4O2. The lowest BCUT2D eigenvalue weighted by Crippen LogP contribution is -2.62. The molecule has 0 saturated carbocycles. The van der Waals surface area contributed by atoms with Crippen molar-refractivity contribution in [1.82, 2.24) is 20.8 Å². The summed E-state index contributed by atoms with van der Waals surface area (Å²) in [4.78, 5) is 12.4. The minimum atomic E-state index is -0.389. The molecule has 0 spiro atoms. The number of hydrogen-bond acceptors (Lipinski definition) is 5. The molecule has 0 unspecified atom stereocenters. The van der Waals surface area contributed by atoms with Gasteiger partial charge in [-0.1, -0.05) is 0 Å². The van der Waals surface area contributed by atoms with Gasteiger partial charge < -0.3 is 15.1 Å². The van der Waals surface area contributed by atoms with Gasteiger partial charge in [0.2, 0.25) is 5.89 Å². The lowest BCUT2D eigenvalue weighted by atomic mass is 9.79. The molecule has 1 aromatic carbocycles. The van der Waals surface area contributed by atoms with Crippen molar-refractivity contribution in [2.24, 2.45) is 0 Å². The molecule has 1 amide bonds. The molecule has 1 aromatic heterocycles. The molecule has 1 aliphatic rings. The van der Waals surface area contributed by atoms with E-state index in [0.29, 0.717) is 5.56 Å². The average molecular weight is 346 g/mol. The molecular weight excluding hydrogens is 323 g/mol. The van der Waals surface area contributed by atoms with Crippen molar-refractivity contribution in [3.8, 4) is 11.5 Å². The van der Waals surface area contributed by atoms with Gasteiger partial charge >= 0.3 is 11.8 Å². The number of aromatic nitrogens is 2. The first-order valence-corrected chi connectivity index (χ1v) is 8.33. The van der Waals surface area contributed by atoms with Crippen molar-refractivity contribution in [3.63, 3.8) is 0 Å². The number of halogens is 1. The summed E-state index contributed by atoms with van der Waals surface area (Å²) >= 11 is 0. The third kappa shape index (κ3) is 4.22. The number of nitrogens with one attached hydrogen (secondary N) is 2. The first kappa shape index (κ1) is 17.5. The van der Waals surface area contributed by atoms with Crippen molar-refractivity contribution in [2.75, 3.05) is 0 Å². The molecule has 3 rings (SSSR count). The maximum atomic E-state index is 13.0. The normalized spacial score (nSPS) is 19.6. The highest BCUT2D eigenvalue weighted by Crippen LogP contribution is 2.28. The molecule has 0 atom stereocenters. The molecule has 0 aliphatic carbocycles. The largest absolute Gasteiger partial charge is 0.412 e. The topological polar surface area (TPSA) is 80.1 Å². The Hall–Kier alpha value is -2.28. The van der Waals surface area contributed by atoms with Crippen LogP contribution in [0.5, 0.6) is 0 Å². The first-order chi connectivity index (χ1) is 11.6. The summed E-state index contributed by atoms with van der Waals surface area (Å²) in [5.41, 5.74) is 0.416. The Balaban J connectivity index is 1.71. The maximum Gasteiger partial charge on any atom is 0.309 e. The van der Waals surface area contributed by atoms with Crippen LogP contribution in [-0.2, 0) is 0 Å². The number of carbonyl (C=O) groups excluding carboxylic acids is 1. The van der Waals surface area contributed by atoms with Crippen LogP contribution in [0.3, 0.4) is 0 Å². The summed E-state index contributed by atoms with van der Waals surface area (Å²) in [6, 6.07) is 5.68. The molecule has 6 nitrogen and oxygen atoms in total. The zero-order valence-electron chi connectivity index (χ0n) is 14.9. The Kier molecular flexibility index (Phi) is 4.36. The second kappa shape index (κ2) is 6.22. The van der Waals surface area contributed by atoms with Crippen LogP contribution < -0.4 is 10.6 Å². The highest BCUT2D eigenvalue weighted by Gasteiger charge is 2.38. The highest BCUT2D eigenvalue weighted by atomic mass is 19.1. The van der Waals surface area contributed by atoms with Gasteiger partial charge in [-0.25, -0.2) is 4.39 Å². The monoisotopic (exact) mass is 346 g/mol. The van der Waals surface area contributed by atoms with E-state index in [0.717, 1.165) is 12.8 Å². The van der Waals surface area contributed by atoms with Gasteiger partial charge in [0.1, 0.15) is 5.82 Å². The van der Waals surface area contributed by atoms with Crippen LogP contribution in [0.15, 0.2) is 28.7 Å². The summed E-state index contributed by atoms with van der Waals surface area (Å²) in [7, 11) is 0. The Bertz CT molecular complexity index is 752. The highest BCUT2D eigenvalue weighted by molar-refractivity contribution is 5.89. The molecule has 1 saturated heterocycles. The molecule has 1 fully saturated rings. The minimum Gasteiger partial charge on any atom is -0.412 e. The third-order valence-electron chi connectivity index (χ3n) is 4.24. The van der Waals surface area contributed by atoms with Crippen LogP contribution in [0.4, 0.5) is 4.39 Å². The second-order valence-corrected chi connectivity index (χ2v) is 7.89. The van der Waals surface area contributed by atoms with E-state index < -0.39 is 0 Å². The number of nitrogens with zero attached hydrogens (tertiary/aromatic N) is 2. The predicted molar refractivity (Wildman–Crippen MR) is 91.5 cm³/mol. The van der Waals surface area contributed by atoms with Crippen molar-refractivity contribution < 1.29 is 13.6 Å². The molecule has 1 aliphatic heterocycles. The summed E-state index contributed by atoms with van der Waals surface area (Å²) in [5.74, 6) is -0.638. The zero-order valence-corrected chi connectivity index (χ0v) is 14.9. The Morgan fingerprint density at radius 2 is 1.76 bits per heavy atom. The summed E-state index contributed by atoms with van der Waals surface area (Å²) in [6.07, 6.45) is 1.61. The molecule has 25 heavy (non-hydrogen) atoms. The summed E-state index contributed by atoms with van der Waals surface area (Å²) in [6.45, 7) is 8.47. The van der Waals surface area contributed by atoms with Gasteiger partial charge in [-0.3, -0.25) is 4.79 Å². The van der Waals surface area contributed by atoms with Crippen molar-refractivity contribution in [3.05, 3.63) is 36.0 Å². The van der Waals surface area contributed by atoms with E-state index in [1.165, 1.54) is 24.3 Å². The number of amides is 1. The average Bonchev–Trinajstić information content (AvgIpc) is 2.94. The van der Waals surface area contributed by atoms with Crippen LogP contribution in [0.2, 0.25) is 0 Å². The SMILES string of the molecule is CC1(C)CC(NC(=O)c2nnc(-c3ccc(F)cc3)o2)CC(C)(C)N1. The fourth-order valence-corrected chi connectivity index (χ4v) is 3.70. The zero-order chi connectivity index (χ0) is 18.2. The minimum absolute atomic E-state index is 0.0138. The van der Waals surface area contributed by atoms with Crippen LogP contribution in [0.25, 0.3) is 11.5 Å². The number of rotatable bonds is 3. The molecule has 7 heteroatoms. The number of carbonyl (C=O) groups is 1. The van der Waals surface area contributed by atoms with E-state index in [2.05, 4.69) is 48.5 Å². The van der Waals surface area contributed by atoms with Gasteiger partial charge in [-0.2, -0.15) is 0 Å². The fraction of sp³-hybridized carbons (Fsp3) is 0.500. The van der Waals surface area contributed by atoms with Crippen LogP contribution in [0, 0.1) is 5.82 Å². The van der Waals surface area contributed by atoms with E-state index in [1.807, 2.05) is 0 Å². The van der Waals surface area contributed by atoms with Crippen molar-refractivity contribution >= 4 is 5.91 Å². The quantitative estimate of drug-likeness (QED) is 0.893. The molecule has 2 aromatic rings. The lowest BCUT2D eigenvalue weighted by Gasteiger charge is -2.46. The predicted octanol–water partition coefficient (Wildman–Crippen LogP) is 2.91. The Morgan fingerprint density at radius 3 is 2.36 bits per heavy atom. The van der Waals surface area contributed by atoms with Crippen LogP contribution >= 0.6 is 0 Å².